The minimum Gasteiger partial charge on any atom is -0.258 e. The molecule has 0 atom stereocenters. The molecule has 0 saturated carbocycles. The van der Waals surface area contributed by atoms with Gasteiger partial charge in [0.15, 0.2) is 5.25 Å². The lowest BCUT2D eigenvalue weighted by atomic mass is 10.2. The van der Waals surface area contributed by atoms with Crippen molar-refractivity contribution in [3.63, 3.8) is 0 Å². The number of para-hydroxylation sites is 1. The van der Waals surface area contributed by atoms with Crippen molar-refractivity contribution < 1.29 is 4.92 Å². The minimum absolute atomic E-state index is 0.0213. The molecule has 0 heterocycles. The average Bonchev–Trinajstić information content (AvgIpc) is 2.15. The van der Waals surface area contributed by atoms with Crippen molar-refractivity contribution in [1.29, 1.82) is 0 Å². The molecule has 0 amide bonds. The lowest BCUT2D eigenvalue weighted by Gasteiger charge is -1.92. The number of nitro benzene ring substituents is 1. The summed E-state index contributed by atoms with van der Waals surface area (Å²) >= 11 is 0. The third kappa shape index (κ3) is 2.79. The minimum atomic E-state index is -0.409. The fraction of sp³-hybridized carbons (Fsp3) is 0.200. The highest BCUT2D eigenvalue weighted by molar-refractivity contribution is 8.00. The van der Waals surface area contributed by atoms with Crippen molar-refractivity contribution in [3.05, 3.63) is 39.9 Å². The van der Waals surface area contributed by atoms with Gasteiger partial charge in [-0.3, -0.25) is 10.1 Å². The topological polar surface area (TPSA) is 43.1 Å². The van der Waals surface area contributed by atoms with Crippen molar-refractivity contribution in [3.8, 4) is 11.2 Å². The third-order valence-electron chi connectivity index (χ3n) is 1.49. The van der Waals surface area contributed by atoms with Crippen molar-refractivity contribution >= 4 is 16.6 Å². The van der Waals surface area contributed by atoms with E-state index in [0.29, 0.717) is 5.56 Å². The molecular weight excluding hydrogens is 198 g/mol. The summed E-state index contributed by atoms with van der Waals surface area (Å²) in [5.41, 5.74) is 0.559. The zero-order valence-corrected chi connectivity index (χ0v) is 8.80. The van der Waals surface area contributed by atoms with Crippen LogP contribution in [0.4, 0.5) is 5.69 Å². The molecule has 1 aromatic rings. The number of benzene rings is 1. The number of nitro groups is 1. The maximum absolute atomic E-state index is 10.6. The maximum atomic E-state index is 10.6. The first kappa shape index (κ1) is 10.6. The Balaban J connectivity index is 3.10. The Kier molecular flexibility index (Phi) is 3.55. The first-order valence-electron chi connectivity index (χ1n) is 3.94. The second kappa shape index (κ2) is 4.68. The number of rotatable bonds is 1. The average molecular weight is 208 g/mol. The van der Waals surface area contributed by atoms with Crippen molar-refractivity contribution in [1.82, 2.24) is 0 Å². The molecule has 0 aliphatic carbocycles. The summed E-state index contributed by atoms with van der Waals surface area (Å²) < 4.78 is 0. The van der Waals surface area contributed by atoms with Crippen LogP contribution in [0.25, 0.3) is 0 Å². The molecule has 0 saturated heterocycles. The summed E-state index contributed by atoms with van der Waals surface area (Å²) in [5.74, 6) is 2.81. The molecule has 72 valence electrons. The van der Waals surface area contributed by atoms with E-state index < -0.39 is 4.92 Å². The van der Waals surface area contributed by atoms with Gasteiger partial charge in [0.25, 0.3) is 5.69 Å². The van der Waals surface area contributed by atoms with Gasteiger partial charge in [0, 0.05) is 6.07 Å². The zero-order valence-electron chi connectivity index (χ0n) is 7.98. The molecule has 0 aromatic heterocycles. The van der Waals surface area contributed by atoms with Gasteiger partial charge in [0.05, 0.1) is 15.8 Å². The molecule has 4 heteroatoms. The van der Waals surface area contributed by atoms with Crippen LogP contribution in [0.1, 0.15) is 5.56 Å². The predicted octanol–water partition coefficient (Wildman–Crippen LogP) is 1.78. The molecule has 0 N–H and O–H groups in total. The molecular formula is C10H10NO2S+. The fourth-order valence-electron chi connectivity index (χ4n) is 0.896. The van der Waals surface area contributed by atoms with Gasteiger partial charge in [-0.1, -0.05) is 12.1 Å². The lowest BCUT2D eigenvalue weighted by Crippen LogP contribution is -1.92. The smallest absolute Gasteiger partial charge is 0.258 e. The van der Waals surface area contributed by atoms with Gasteiger partial charge in [0.2, 0.25) is 0 Å². The van der Waals surface area contributed by atoms with E-state index in [-0.39, 0.29) is 16.6 Å². The van der Waals surface area contributed by atoms with Crippen molar-refractivity contribution in [2.75, 3.05) is 12.5 Å². The van der Waals surface area contributed by atoms with E-state index in [1.807, 2.05) is 12.5 Å². The van der Waals surface area contributed by atoms with Crippen molar-refractivity contribution in [2.45, 2.75) is 0 Å². The van der Waals surface area contributed by atoms with E-state index >= 15 is 0 Å². The molecule has 0 bridgehead atoms. The van der Waals surface area contributed by atoms with Crippen LogP contribution in [0.3, 0.4) is 0 Å². The molecule has 14 heavy (non-hydrogen) atoms. The molecule has 0 unspecified atom stereocenters. The molecule has 0 aliphatic heterocycles. The number of nitrogens with zero attached hydrogens (tertiary/aromatic N) is 1. The summed E-state index contributed by atoms with van der Waals surface area (Å²) in [6.07, 6.45) is 3.95. The third-order valence-corrected chi connectivity index (χ3v) is 2.00. The molecule has 0 fully saturated rings. The van der Waals surface area contributed by atoms with Crippen LogP contribution in [-0.4, -0.2) is 17.4 Å². The molecule has 0 radical (unpaired) electrons. The van der Waals surface area contributed by atoms with Gasteiger partial charge in [0.1, 0.15) is 18.1 Å². The second-order valence-corrected chi connectivity index (χ2v) is 4.65. The van der Waals surface area contributed by atoms with E-state index in [1.165, 1.54) is 6.07 Å². The van der Waals surface area contributed by atoms with Crippen LogP contribution in [0.2, 0.25) is 0 Å². The summed E-state index contributed by atoms with van der Waals surface area (Å²) in [6, 6.07) is 6.52. The molecule has 0 aliphatic rings. The maximum Gasteiger partial charge on any atom is 0.285 e. The highest BCUT2D eigenvalue weighted by Gasteiger charge is 2.10. The highest BCUT2D eigenvalue weighted by Crippen LogP contribution is 2.15. The second-order valence-electron chi connectivity index (χ2n) is 2.82. The van der Waals surface area contributed by atoms with Gasteiger partial charge in [-0.25, -0.2) is 0 Å². The van der Waals surface area contributed by atoms with E-state index in [1.54, 1.807) is 18.2 Å². The molecule has 1 rings (SSSR count). The summed E-state index contributed by atoms with van der Waals surface area (Å²) in [6.45, 7) is 0. The Morgan fingerprint density at radius 1 is 1.36 bits per heavy atom. The predicted molar refractivity (Wildman–Crippen MR) is 59.2 cm³/mol. The van der Waals surface area contributed by atoms with Crippen LogP contribution in [0, 0.1) is 21.3 Å². The van der Waals surface area contributed by atoms with E-state index in [0.717, 1.165) is 0 Å². The van der Waals surface area contributed by atoms with E-state index in [4.69, 9.17) is 0 Å². The Bertz CT molecular complexity index is 404. The largest absolute Gasteiger partial charge is 0.285 e. The molecule has 3 nitrogen and oxygen atoms in total. The SMILES string of the molecule is C[S+](C)C#Cc1ccccc1[N+](=O)[O-]. The normalized spacial score (nSPS) is 9.36. The Hall–Kier alpha value is -1.47. The van der Waals surface area contributed by atoms with Crippen LogP contribution in [0.15, 0.2) is 24.3 Å². The van der Waals surface area contributed by atoms with Crippen molar-refractivity contribution in [2.24, 2.45) is 0 Å². The quantitative estimate of drug-likeness (QED) is 0.305. The van der Waals surface area contributed by atoms with Crippen LogP contribution < -0.4 is 0 Å². The van der Waals surface area contributed by atoms with Crippen LogP contribution >= 0.6 is 0 Å². The summed E-state index contributed by atoms with van der Waals surface area (Å²) in [7, 11) is -0.0213. The van der Waals surface area contributed by atoms with Gasteiger partial charge < -0.3 is 0 Å². The van der Waals surface area contributed by atoms with E-state index in [2.05, 4.69) is 11.2 Å². The monoisotopic (exact) mass is 208 g/mol. The first-order chi connectivity index (χ1) is 6.61. The molecule has 0 spiro atoms. The number of hydrogen-bond donors (Lipinski definition) is 0. The van der Waals surface area contributed by atoms with Crippen LogP contribution in [0.5, 0.6) is 0 Å². The summed E-state index contributed by atoms with van der Waals surface area (Å²) in [4.78, 5) is 10.2. The van der Waals surface area contributed by atoms with Gasteiger partial charge in [-0.05, 0) is 12.0 Å². The van der Waals surface area contributed by atoms with Gasteiger partial charge in [-0.2, -0.15) is 0 Å². The zero-order chi connectivity index (χ0) is 10.6. The highest BCUT2D eigenvalue weighted by atomic mass is 32.2. The Morgan fingerprint density at radius 3 is 2.57 bits per heavy atom. The number of hydrogen-bond acceptors (Lipinski definition) is 2. The fourth-order valence-corrected chi connectivity index (χ4v) is 1.21. The standard InChI is InChI=1S/C10H10NO2S/c1-14(2)8-7-9-5-3-4-6-10(9)11(12)13/h3-6H,1-2H3/q+1. The summed E-state index contributed by atoms with van der Waals surface area (Å²) in [5, 5.41) is 13.5. The first-order valence-corrected chi connectivity index (χ1v) is 5.98. The van der Waals surface area contributed by atoms with Gasteiger partial charge >= 0.3 is 0 Å². The van der Waals surface area contributed by atoms with Crippen LogP contribution in [-0.2, 0) is 10.9 Å². The van der Waals surface area contributed by atoms with Gasteiger partial charge in [-0.15, -0.1) is 0 Å². The Morgan fingerprint density at radius 2 is 2.00 bits per heavy atom. The molecule has 1 aromatic carbocycles. The Labute approximate surface area is 85.6 Å². The lowest BCUT2D eigenvalue weighted by molar-refractivity contribution is -0.385. The van der Waals surface area contributed by atoms with E-state index in [9.17, 15) is 10.1 Å².